The molecule has 2 heterocycles. The quantitative estimate of drug-likeness (QED) is 0.470. The van der Waals surface area contributed by atoms with E-state index in [0.29, 0.717) is 12.5 Å². The Kier molecular flexibility index (Phi) is 10.1. The molecule has 4 aliphatic rings. The fourth-order valence-corrected chi connectivity index (χ4v) is 6.59. The molecule has 6 unspecified atom stereocenters. The number of likely N-dealkylation sites (tertiary alicyclic amines) is 2. The van der Waals surface area contributed by atoms with Crippen LogP contribution >= 0.6 is 34.0 Å². The highest BCUT2D eigenvalue weighted by atomic mass is 79.9. The third-order valence-electron chi connectivity index (χ3n) is 8.05. The van der Waals surface area contributed by atoms with Crippen molar-refractivity contribution in [2.24, 2.45) is 23.7 Å². The molecule has 160 valence electrons. The molecule has 6 atom stereocenters. The molecule has 0 amide bonds. The maximum atomic E-state index is 7.13. The summed E-state index contributed by atoms with van der Waals surface area (Å²) in [6.07, 6.45) is 15.1. The van der Waals surface area contributed by atoms with Crippen LogP contribution in [0, 0.1) is 23.7 Å². The molecule has 0 spiro atoms. The first-order chi connectivity index (χ1) is 12.3. The van der Waals surface area contributed by atoms with Gasteiger partial charge in [-0.1, -0.05) is 39.5 Å². The van der Waals surface area contributed by atoms with Crippen molar-refractivity contribution in [3.05, 3.63) is 0 Å². The van der Waals surface area contributed by atoms with Crippen LogP contribution in [0.25, 0.3) is 0 Å². The molecule has 0 bridgehead atoms. The molecule has 0 aromatic carbocycles. The average Bonchev–Trinajstić information content (AvgIpc) is 2.68. The van der Waals surface area contributed by atoms with Crippen LogP contribution in [0.2, 0.25) is 0 Å². The third kappa shape index (κ3) is 5.13. The Morgan fingerprint density at radius 3 is 1.44 bits per heavy atom. The molecule has 0 aromatic heterocycles. The maximum absolute atomic E-state index is 7.13. The smallest absolute Gasteiger partial charge is 0.115 e. The van der Waals surface area contributed by atoms with Crippen LogP contribution in [0.15, 0.2) is 0 Å². The van der Waals surface area contributed by atoms with Gasteiger partial charge in [0, 0.05) is 24.9 Å². The number of halogens is 2. The van der Waals surface area contributed by atoms with E-state index in [1.54, 1.807) is 0 Å². The first kappa shape index (κ1) is 24.1. The van der Waals surface area contributed by atoms with Crippen molar-refractivity contribution in [2.75, 3.05) is 26.2 Å². The van der Waals surface area contributed by atoms with Crippen molar-refractivity contribution in [3.8, 4) is 0 Å². The second-order valence-corrected chi connectivity index (χ2v) is 9.17. The fourth-order valence-electron chi connectivity index (χ4n) is 6.59. The minimum Gasteiger partial charge on any atom is -0.344 e. The number of fused-ring (bicyclic) bond motifs is 2. The van der Waals surface area contributed by atoms with E-state index in [0.717, 1.165) is 36.8 Å². The van der Waals surface area contributed by atoms with Crippen molar-refractivity contribution < 1.29 is 4.74 Å². The van der Waals surface area contributed by atoms with Gasteiger partial charge in [-0.15, -0.1) is 34.0 Å². The Hall–Kier alpha value is 0.840. The molecule has 2 saturated carbocycles. The first-order valence-electron chi connectivity index (χ1n) is 11.4. The molecule has 5 heteroatoms. The van der Waals surface area contributed by atoms with Crippen LogP contribution < -0.4 is 0 Å². The Balaban J connectivity index is 0.00000131. The zero-order chi connectivity index (χ0) is 17.2. The number of piperidine rings is 2. The molecule has 4 rings (SSSR count). The van der Waals surface area contributed by atoms with Gasteiger partial charge in [0.25, 0.3) is 0 Å². The molecular formula is C22H42Br2N2O. The Morgan fingerprint density at radius 2 is 1.04 bits per heavy atom. The van der Waals surface area contributed by atoms with Gasteiger partial charge in [0.1, 0.15) is 12.5 Å². The van der Waals surface area contributed by atoms with Crippen LogP contribution in [0.3, 0.4) is 0 Å². The first-order valence-corrected chi connectivity index (χ1v) is 11.4. The van der Waals surface area contributed by atoms with Gasteiger partial charge >= 0.3 is 0 Å². The standard InChI is InChI=1S/C22H40N2O.2BrH/c1-3-23-15-13-17-9-5-7-11-19(17)21(23)25-22-20-12-8-6-10-18(20)14-16-24(22)4-2;;/h17-22H,3-16H2,1-2H3;2*1H. The van der Waals surface area contributed by atoms with Crippen LogP contribution in [0.5, 0.6) is 0 Å². The Labute approximate surface area is 188 Å². The monoisotopic (exact) mass is 508 g/mol. The van der Waals surface area contributed by atoms with Crippen molar-refractivity contribution in [1.82, 2.24) is 9.80 Å². The molecule has 3 nitrogen and oxygen atoms in total. The topological polar surface area (TPSA) is 15.7 Å². The lowest BCUT2D eigenvalue weighted by atomic mass is 9.72. The van der Waals surface area contributed by atoms with E-state index in [9.17, 15) is 0 Å². The highest BCUT2D eigenvalue weighted by Crippen LogP contribution is 2.44. The average molecular weight is 510 g/mol. The summed E-state index contributed by atoms with van der Waals surface area (Å²) in [7, 11) is 0. The summed E-state index contributed by atoms with van der Waals surface area (Å²) >= 11 is 0. The Morgan fingerprint density at radius 1 is 0.630 bits per heavy atom. The maximum Gasteiger partial charge on any atom is 0.115 e. The SMILES string of the molecule is Br.Br.CCN1CCC2CCCCC2C1OC1C2CCCCC2CCN1CC. The summed E-state index contributed by atoms with van der Waals surface area (Å²) in [5.41, 5.74) is 0. The van der Waals surface area contributed by atoms with Crippen molar-refractivity contribution >= 4 is 34.0 Å². The summed E-state index contributed by atoms with van der Waals surface area (Å²) in [6, 6.07) is 0. The summed E-state index contributed by atoms with van der Waals surface area (Å²) in [6.45, 7) is 9.50. The number of ether oxygens (including phenoxy) is 1. The fraction of sp³-hybridized carbons (Fsp3) is 1.00. The lowest BCUT2D eigenvalue weighted by Crippen LogP contribution is -2.58. The summed E-state index contributed by atoms with van der Waals surface area (Å²) < 4.78 is 7.13. The van der Waals surface area contributed by atoms with Crippen LogP contribution in [0.4, 0.5) is 0 Å². The van der Waals surface area contributed by atoms with Crippen molar-refractivity contribution in [1.29, 1.82) is 0 Å². The minimum atomic E-state index is 0. The molecule has 0 N–H and O–H groups in total. The summed E-state index contributed by atoms with van der Waals surface area (Å²) in [5, 5.41) is 0. The van der Waals surface area contributed by atoms with E-state index in [2.05, 4.69) is 23.6 Å². The van der Waals surface area contributed by atoms with Crippen molar-refractivity contribution in [3.63, 3.8) is 0 Å². The van der Waals surface area contributed by atoms with E-state index in [1.807, 2.05) is 0 Å². The van der Waals surface area contributed by atoms with Gasteiger partial charge in [-0.2, -0.15) is 0 Å². The van der Waals surface area contributed by atoms with E-state index < -0.39 is 0 Å². The predicted octanol–water partition coefficient (Wildman–Crippen LogP) is 5.88. The molecule has 2 aliphatic heterocycles. The van der Waals surface area contributed by atoms with Gasteiger partial charge in [-0.25, -0.2) is 0 Å². The molecule has 4 fully saturated rings. The molecule has 0 radical (unpaired) electrons. The largest absolute Gasteiger partial charge is 0.344 e. The molecular weight excluding hydrogens is 468 g/mol. The molecule has 2 aliphatic carbocycles. The minimum absolute atomic E-state index is 0. The van der Waals surface area contributed by atoms with Crippen molar-refractivity contribution in [2.45, 2.75) is 90.5 Å². The molecule has 27 heavy (non-hydrogen) atoms. The molecule has 2 saturated heterocycles. The highest BCUT2D eigenvalue weighted by molar-refractivity contribution is 8.93. The number of hydrogen-bond donors (Lipinski definition) is 0. The second kappa shape index (κ2) is 11.3. The van der Waals surface area contributed by atoms with Crippen LogP contribution in [0.1, 0.15) is 78.1 Å². The number of hydrogen-bond acceptors (Lipinski definition) is 3. The third-order valence-corrected chi connectivity index (χ3v) is 8.05. The van der Waals surface area contributed by atoms with Crippen LogP contribution in [-0.2, 0) is 4.74 Å². The summed E-state index contributed by atoms with van der Waals surface area (Å²) in [5.74, 6) is 3.46. The summed E-state index contributed by atoms with van der Waals surface area (Å²) in [4.78, 5) is 5.35. The highest BCUT2D eigenvalue weighted by Gasteiger charge is 2.45. The number of rotatable bonds is 4. The van der Waals surface area contributed by atoms with Gasteiger partial charge in [0.15, 0.2) is 0 Å². The van der Waals surface area contributed by atoms with E-state index in [-0.39, 0.29) is 34.0 Å². The van der Waals surface area contributed by atoms with Gasteiger partial charge in [0.05, 0.1) is 0 Å². The molecule has 0 aromatic rings. The van der Waals surface area contributed by atoms with E-state index in [1.165, 1.54) is 77.3 Å². The zero-order valence-corrected chi connectivity index (χ0v) is 20.9. The normalized spacial score (nSPS) is 40.2. The Bertz CT molecular complexity index is 401. The van der Waals surface area contributed by atoms with Gasteiger partial charge < -0.3 is 4.74 Å². The zero-order valence-electron chi connectivity index (χ0n) is 17.5. The predicted molar refractivity (Wildman–Crippen MR) is 124 cm³/mol. The van der Waals surface area contributed by atoms with Gasteiger partial charge in [-0.05, 0) is 63.5 Å². The van der Waals surface area contributed by atoms with E-state index in [4.69, 9.17) is 4.74 Å². The van der Waals surface area contributed by atoms with Gasteiger partial charge in [-0.3, -0.25) is 9.80 Å². The second-order valence-electron chi connectivity index (χ2n) is 9.17. The number of nitrogens with zero attached hydrogens (tertiary/aromatic N) is 2. The van der Waals surface area contributed by atoms with Gasteiger partial charge in [0.2, 0.25) is 0 Å². The lowest BCUT2D eigenvalue weighted by Gasteiger charge is -2.53. The van der Waals surface area contributed by atoms with Crippen LogP contribution in [-0.4, -0.2) is 48.4 Å². The lowest BCUT2D eigenvalue weighted by molar-refractivity contribution is -0.234. The van der Waals surface area contributed by atoms with E-state index >= 15 is 0 Å².